The third-order valence-corrected chi connectivity index (χ3v) is 5.31. The lowest BCUT2D eigenvalue weighted by molar-refractivity contribution is 0.420. The molecule has 0 amide bonds. The summed E-state index contributed by atoms with van der Waals surface area (Å²) in [6, 6.07) is 1.55. The number of rotatable bonds is 3. The zero-order valence-electron chi connectivity index (χ0n) is 10.7. The molecule has 6 heteroatoms. The number of sulfonamides is 1. The maximum absolute atomic E-state index is 12.5. The Kier molecular flexibility index (Phi) is 4.09. The third-order valence-electron chi connectivity index (χ3n) is 3.31. The molecule has 1 saturated heterocycles. The van der Waals surface area contributed by atoms with Crippen LogP contribution < -0.4 is 5.73 Å². The largest absolute Gasteiger partial charge is 0.464 e. The molecule has 102 valence electrons. The first-order valence-electron chi connectivity index (χ1n) is 6.35. The van der Waals surface area contributed by atoms with Crippen LogP contribution in [-0.2, 0) is 16.6 Å². The van der Waals surface area contributed by atoms with E-state index in [1.165, 1.54) is 0 Å². The Morgan fingerprint density at radius 1 is 1.28 bits per heavy atom. The molecule has 0 radical (unpaired) electrons. The average molecular weight is 272 g/mol. The third kappa shape index (κ3) is 2.60. The van der Waals surface area contributed by atoms with E-state index in [-0.39, 0.29) is 11.4 Å². The summed E-state index contributed by atoms with van der Waals surface area (Å²) in [6.45, 7) is 3.09. The van der Waals surface area contributed by atoms with Gasteiger partial charge in [-0.05, 0) is 19.8 Å². The number of hydrogen-bond donors (Lipinski definition) is 1. The van der Waals surface area contributed by atoms with E-state index in [0.717, 1.165) is 25.7 Å². The van der Waals surface area contributed by atoms with E-state index in [0.29, 0.717) is 24.6 Å². The Hall–Kier alpha value is -0.850. The van der Waals surface area contributed by atoms with Gasteiger partial charge in [-0.2, -0.15) is 4.31 Å². The molecule has 1 fully saturated rings. The molecule has 1 aromatic heterocycles. The molecule has 0 spiro atoms. The highest BCUT2D eigenvalue weighted by Gasteiger charge is 2.28. The molecule has 1 aliphatic heterocycles. The fourth-order valence-corrected chi connectivity index (χ4v) is 4.00. The van der Waals surface area contributed by atoms with E-state index < -0.39 is 10.0 Å². The quantitative estimate of drug-likeness (QED) is 0.907. The van der Waals surface area contributed by atoms with Crippen molar-refractivity contribution >= 4 is 10.0 Å². The highest BCUT2D eigenvalue weighted by molar-refractivity contribution is 7.89. The molecule has 0 saturated carbocycles. The smallest absolute Gasteiger partial charge is 0.246 e. The normalized spacial score (nSPS) is 18.8. The summed E-state index contributed by atoms with van der Waals surface area (Å²) >= 11 is 0. The van der Waals surface area contributed by atoms with Gasteiger partial charge in [0.15, 0.2) is 0 Å². The molecule has 5 nitrogen and oxygen atoms in total. The number of nitrogens with two attached hydrogens (primary N) is 1. The fraction of sp³-hybridized carbons (Fsp3) is 0.667. The number of nitrogens with zero attached hydrogens (tertiary/aromatic N) is 1. The van der Waals surface area contributed by atoms with Crippen LogP contribution in [0.5, 0.6) is 0 Å². The second-order valence-electron chi connectivity index (χ2n) is 4.66. The predicted molar refractivity (Wildman–Crippen MR) is 68.6 cm³/mol. The number of aryl methyl sites for hydroxylation is 1. The molecule has 2 rings (SSSR count). The molecule has 1 aliphatic rings. The molecule has 0 unspecified atom stereocenters. The highest BCUT2D eigenvalue weighted by atomic mass is 32.2. The first-order valence-corrected chi connectivity index (χ1v) is 7.79. The summed E-state index contributed by atoms with van der Waals surface area (Å²) in [5.41, 5.74) is 5.48. The molecule has 1 aromatic rings. The van der Waals surface area contributed by atoms with Crippen molar-refractivity contribution in [3.8, 4) is 0 Å². The summed E-state index contributed by atoms with van der Waals surface area (Å²) in [4.78, 5) is 0.268. The van der Waals surface area contributed by atoms with Gasteiger partial charge < -0.3 is 10.2 Å². The van der Waals surface area contributed by atoms with Crippen molar-refractivity contribution in [3.63, 3.8) is 0 Å². The minimum atomic E-state index is -3.42. The van der Waals surface area contributed by atoms with Crippen LogP contribution in [0.25, 0.3) is 0 Å². The van der Waals surface area contributed by atoms with E-state index in [9.17, 15) is 8.42 Å². The summed E-state index contributed by atoms with van der Waals surface area (Å²) in [5.74, 6) is 0.945. The Bertz CT molecular complexity index is 499. The van der Waals surface area contributed by atoms with E-state index in [1.54, 1.807) is 17.3 Å². The second-order valence-corrected chi connectivity index (χ2v) is 6.56. The Morgan fingerprint density at radius 2 is 1.89 bits per heavy atom. The summed E-state index contributed by atoms with van der Waals surface area (Å²) in [6.07, 6.45) is 4.06. The van der Waals surface area contributed by atoms with Crippen molar-refractivity contribution in [2.24, 2.45) is 5.73 Å². The molecule has 0 atom stereocenters. The van der Waals surface area contributed by atoms with Crippen LogP contribution >= 0.6 is 0 Å². The topological polar surface area (TPSA) is 76.5 Å². The summed E-state index contributed by atoms with van der Waals surface area (Å²) in [5, 5.41) is 0. The molecule has 2 N–H and O–H groups in total. The Balaban J connectivity index is 2.31. The highest BCUT2D eigenvalue weighted by Crippen LogP contribution is 2.25. The van der Waals surface area contributed by atoms with Crippen LogP contribution in [0.2, 0.25) is 0 Å². The van der Waals surface area contributed by atoms with Crippen molar-refractivity contribution in [3.05, 3.63) is 17.6 Å². The van der Waals surface area contributed by atoms with Gasteiger partial charge in [0, 0.05) is 19.2 Å². The van der Waals surface area contributed by atoms with Gasteiger partial charge in [-0.25, -0.2) is 8.42 Å². The van der Waals surface area contributed by atoms with Gasteiger partial charge in [0.25, 0.3) is 0 Å². The van der Waals surface area contributed by atoms with E-state index in [2.05, 4.69) is 0 Å². The van der Waals surface area contributed by atoms with E-state index in [1.807, 2.05) is 0 Å². The average Bonchev–Trinajstić information content (AvgIpc) is 2.55. The van der Waals surface area contributed by atoms with Crippen molar-refractivity contribution in [1.29, 1.82) is 0 Å². The minimum absolute atomic E-state index is 0.219. The molecule has 18 heavy (non-hydrogen) atoms. The first kappa shape index (κ1) is 13.6. The lowest BCUT2D eigenvalue weighted by Crippen LogP contribution is -2.32. The zero-order chi connectivity index (χ0) is 13.2. The molecular formula is C12H20N2O3S. The summed E-state index contributed by atoms with van der Waals surface area (Å²) in [7, 11) is -3.42. The van der Waals surface area contributed by atoms with Gasteiger partial charge in [0.1, 0.15) is 16.4 Å². The first-order chi connectivity index (χ1) is 8.55. The van der Waals surface area contributed by atoms with Crippen molar-refractivity contribution in [2.45, 2.75) is 44.0 Å². The van der Waals surface area contributed by atoms with Gasteiger partial charge >= 0.3 is 0 Å². The Labute approximate surface area is 108 Å². The minimum Gasteiger partial charge on any atom is -0.464 e. The number of hydrogen-bond acceptors (Lipinski definition) is 4. The SMILES string of the molecule is Cc1oc(CN)cc1S(=O)(=O)N1CCCCCC1. The summed E-state index contributed by atoms with van der Waals surface area (Å²) < 4.78 is 31.9. The van der Waals surface area contributed by atoms with Gasteiger partial charge in [-0.3, -0.25) is 0 Å². The standard InChI is InChI=1S/C12H20N2O3S/c1-10-12(8-11(9-13)17-10)18(15,16)14-6-4-2-3-5-7-14/h8H,2-7,9,13H2,1H3. The molecular weight excluding hydrogens is 252 g/mol. The monoisotopic (exact) mass is 272 g/mol. The van der Waals surface area contributed by atoms with Crippen LogP contribution in [0.1, 0.15) is 37.2 Å². The number of furan rings is 1. The maximum atomic E-state index is 12.5. The fourth-order valence-electron chi connectivity index (χ4n) is 2.30. The maximum Gasteiger partial charge on any atom is 0.246 e. The molecule has 0 aromatic carbocycles. The lowest BCUT2D eigenvalue weighted by Gasteiger charge is -2.19. The molecule has 0 aliphatic carbocycles. The lowest BCUT2D eigenvalue weighted by atomic mass is 10.2. The van der Waals surface area contributed by atoms with E-state index in [4.69, 9.17) is 10.2 Å². The van der Waals surface area contributed by atoms with Crippen molar-refractivity contribution in [1.82, 2.24) is 4.31 Å². The van der Waals surface area contributed by atoms with Gasteiger partial charge in [-0.1, -0.05) is 12.8 Å². The van der Waals surface area contributed by atoms with Crippen molar-refractivity contribution < 1.29 is 12.8 Å². The Morgan fingerprint density at radius 3 is 2.39 bits per heavy atom. The molecule has 0 bridgehead atoms. The van der Waals surface area contributed by atoms with Crippen LogP contribution in [0.3, 0.4) is 0 Å². The van der Waals surface area contributed by atoms with Crippen LogP contribution in [0.4, 0.5) is 0 Å². The van der Waals surface area contributed by atoms with Gasteiger partial charge in [0.05, 0.1) is 6.54 Å². The predicted octanol–water partition coefficient (Wildman–Crippen LogP) is 1.61. The second kappa shape index (κ2) is 5.42. The zero-order valence-corrected chi connectivity index (χ0v) is 11.5. The van der Waals surface area contributed by atoms with Gasteiger partial charge in [-0.15, -0.1) is 0 Å². The van der Waals surface area contributed by atoms with E-state index >= 15 is 0 Å². The molecule has 2 heterocycles. The van der Waals surface area contributed by atoms with Crippen LogP contribution in [0, 0.1) is 6.92 Å². The van der Waals surface area contributed by atoms with Crippen LogP contribution in [-0.4, -0.2) is 25.8 Å². The van der Waals surface area contributed by atoms with Gasteiger partial charge in [0.2, 0.25) is 10.0 Å². The van der Waals surface area contributed by atoms with Crippen LogP contribution in [0.15, 0.2) is 15.4 Å². The van der Waals surface area contributed by atoms with Crippen molar-refractivity contribution in [2.75, 3.05) is 13.1 Å².